The smallest absolute Gasteiger partial charge is 0.153 e. The predicted octanol–water partition coefficient (Wildman–Crippen LogP) is 22.0. The van der Waals surface area contributed by atoms with Crippen molar-refractivity contribution in [3.05, 3.63) is 299 Å². The molecule has 21 rings (SSSR count). The Kier molecular flexibility index (Phi) is 41.9. The van der Waals surface area contributed by atoms with E-state index in [0.717, 1.165) is 162 Å². The van der Waals surface area contributed by atoms with Gasteiger partial charge in [-0.25, -0.2) is 44.6 Å². The number of aromatic nitrogens is 19. The van der Waals surface area contributed by atoms with Gasteiger partial charge in [-0.2, -0.15) is 25.5 Å². The lowest BCUT2D eigenvalue weighted by Crippen LogP contribution is -2.13. The third-order valence-corrected chi connectivity index (χ3v) is 21.0. The largest absolute Gasteiger partial charge is 0.382 e. The van der Waals surface area contributed by atoms with Gasteiger partial charge in [-0.1, -0.05) is 250 Å². The van der Waals surface area contributed by atoms with E-state index in [1.165, 1.54) is 75.4 Å². The number of nitrogens with zero attached hydrogens (tertiary/aromatic N) is 19. The summed E-state index contributed by atoms with van der Waals surface area (Å²) in [6, 6.07) is 60.5. The molecule has 125 heavy (non-hydrogen) atoms. The topological polar surface area (TPSA) is 332 Å². The summed E-state index contributed by atoms with van der Waals surface area (Å²) in [7, 11) is 5.72. The zero-order chi connectivity index (χ0) is 90.6. The third kappa shape index (κ3) is 25.5. The molecule has 0 fully saturated rings. The maximum absolute atomic E-state index is 6.20. The molecule has 24 nitrogen and oxygen atoms in total. The van der Waals surface area contributed by atoms with Crippen LogP contribution in [0.2, 0.25) is 0 Å². The van der Waals surface area contributed by atoms with Crippen LogP contribution in [0.5, 0.6) is 0 Å². The summed E-state index contributed by atoms with van der Waals surface area (Å²) in [6.07, 6.45) is 28.8. The molecular formula is C101H134N24. The Morgan fingerprint density at radius 3 is 0.896 bits per heavy atom. The third-order valence-electron chi connectivity index (χ3n) is 21.0. The number of hydrogen-bond donors (Lipinski definition) is 5. The van der Waals surface area contributed by atoms with Gasteiger partial charge in [0.15, 0.2) is 23.3 Å². The summed E-state index contributed by atoms with van der Waals surface area (Å²) in [5.74, 6) is 3.50. The molecule has 0 saturated heterocycles. The summed E-state index contributed by atoms with van der Waals surface area (Å²) >= 11 is 0. The van der Waals surface area contributed by atoms with Crippen molar-refractivity contribution in [2.75, 3.05) is 22.9 Å². The number of para-hydroxylation sites is 2. The molecule has 4 aliphatic carbocycles. The number of hydrogen-bond acceptors (Lipinski definition) is 19. The number of nitrogen functional groups attached to an aromatic ring is 4. The van der Waals surface area contributed by atoms with Crippen LogP contribution in [-0.2, 0) is 78.9 Å². The molecule has 0 saturated carbocycles. The number of aryl methyl sites for hydroxylation is 7. The number of rotatable bonds is 5. The van der Waals surface area contributed by atoms with E-state index in [2.05, 4.69) is 178 Å². The van der Waals surface area contributed by atoms with Gasteiger partial charge in [0.05, 0.1) is 34.2 Å². The number of benzene rings is 6. The quantitative estimate of drug-likeness (QED) is 0.107. The predicted molar refractivity (Wildman–Crippen MR) is 520 cm³/mol. The van der Waals surface area contributed by atoms with Crippen LogP contribution in [-0.4, -0.2) is 100 Å². The number of nitrogens with one attached hydrogen (secondary N) is 1. The first-order valence-electron chi connectivity index (χ1n) is 45.0. The lowest BCUT2D eigenvalue weighted by Gasteiger charge is -2.23. The van der Waals surface area contributed by atoms with Crippen molar-refractivity contribution in [2.24, 2.45) is 26.1 Å². The molecule has 4 unspecified atom stereocenters. The number of pyridine rings is 1. The minimum Gasteiger partial charge on any atom is -0.382 e. The first-order valence-corrected chi connectivity index (χ1v) is 45.0. The fraction of sp³-hybridized carbons (Fsp3) is 0.356. The van der Waals surface area contributed by atoms with Gasteiger partial charge in [0, 0.05) is 82.2 Å². The summed E-state index contributed by atoms with van der Waals surface area (Å²) in [5.41, 5.74) is 50.1. The van der Waals surface area contributed by atoms with Crippen LogP contribution in [0.4, 0.5) is 29.0 Å². The molecule has 1 aliphatic heterocycles. The fourth-order valence-electron chi connectivity index (χ4n) is 15.6. The van der Waals surface area contributed by atoms with Crippen molar-refractivity contribution >= 4 is 79.3 Å². The van der Waals surface area contributed by atoms with Gasteiger partial charge in [-0.3, -0.25) is 29.1 Å². The van der Waals surface area contributed by atoms with Crippen molar-refractivity contribution in [3.63, 3.8) is 0 Å². The molecule has 0 radical (unpaired) electrons. The van der Waals surface area contributed by atoms with Crippen LogP contribution in [0.3, 0.4) is 0 Å². The second-order valence-corrected chi connectivity index (χ2v) is 27.8. The van der Waals surface area contributed by atoms with Crippen molar-refractivity contribution in [1.29, 1.82) is 0 Å². The van der Waals surface area contributed by atoms with Crippen molar-refractivity contribution in [3.8, 4) is 5.69 Å². The fourth-order valence-corrected chi connectivity index (χ4v) is 15.6. The molecule has 5 aliphatic rings. The van der Waals surface area contributed by atoms with Crippen LogP contribution < -0.4 is 22.9 Å². The Hall–Kier alpha value is -13.3. The van der Waals surface area contributed by atoms with E-state index in [4.69, 9.17) is 28.0 Å². The monoisotopic (exact) mass is 1680 g/mol. The number of anilines is 4. The van der Waals surface area contributed by atoms with Crippen molar-refractivity contribution < 1.29 is 0 Å². The number of fused-ring (bicyclic) bond motifs is 9. The average Bonchev–Trinajstić information content (AvgIpc) is 1.61. The van der Waals surface area contributed by atoms with E-state index in [-0.39, 0.29) is 0 Å². The Bertz CT molecular complexity index is 5410. The van der Waals surface area contributed by atoms with Crippen LogP contribution in [0.15, 0.2) is 231 Å². The van der Waals surface area contributed by atoms with Crippen LogP contribution in [0.1, 0.15) is 233 Å². The number of aromatic amines is 1. The van der Waals surface area contributed by atoms with E-state index >= 15 is 0 Å². The molecule has 24 heteroatoms. The SMILES string of the molecule is C1=Nc2ccccc2C1.CC.CC.CC.CC.CC.CC.CC.CC.Cn1nc(C2CCc3ccccc3C2)c2ncnc(N)c21.Cn1nc(C2CCc3ccccc3C2)c2ncnc(N)c21.Cn1nc(C2CCc3ccccc3C2)c2ncnc(N)c21.Nc1ncnc2c(C3CCc4ccccc4C3)nn(-c3ccccc3)c12.c1ccncc1.c1cn[nH]c1. The summed E-state index contributed by atoms with van der Waals surface area (Å²) < 4.78 is 7.31. The Morgan fingerprint density at radius 2 is 0.600 bits per heavy atom. The maximum atomic E-state index is 6.20. The highest BCUT2D eigenvalue weighted by Crippen LogP contribution is 2.41. The first-order chi connectivity index (χ1) is 61.5. The van der Waals surface area contributed by atoms with Crippen molar-refractivity contribution in [1.82, 2.24) is 94.2 Å². The molecule has 0 amide bonds. The van der Waals surface area contributed by atoms with Crippen molar-refractivity contribution in [2.45, 2.75) is 218 Å². The van der Waals surface area contributed by atoms with Gasteiger partial charge in [0.2, 0.25) is 0 Å². The van der Waals surface area contributed by atoms with E-state index in [1.807, 2.05) is 216 Å². The van der Waals surface area contributed by atoms with E-state index in [1.54, 1.807) is 38.8 Å². The summed E-state index contributed by atoms with van der Waals surface area (Å²) in [5, 5.41) is 25.2. The lowest BCUT2D eigenvalue weighted by molar-refractivity contribution is 0.563. The Morgan fingerprint density at radius 1 is 0.304 bits per heavy atom. The van der Waals surface area contributed by atoms with Gasteiger partial charge >= 0.3 is 0 Å². The van der Waals surface area contributed by atoms with E-state index < -0.39 is 0 Å². The lowest BCUT2D eigenvalue weighted by atomic mass is 9.82. The minimum absolute atomic E-state index is 0.340. The molecule has 16 aromatic rings. The average molecular weight is 1680 g/mol. The molecule has 9 N–H and O–H groups in total. The molecule has 10 aromatic heterocycles. The molecule has 4 atom stereocenters. The van der Waals surface area contributed by atoms with Gasteiger partial charge in [-0.05, 0) is 164 Å². The molecule has 0 spiro atoms. The molecule has 0 bridgehead atoms. The first kappa shape index (κ1) is 98.9. The normalized spacial score (nSPS) is 14.5. The van der Waals surface area contributed by atoms with Crippen LogP contribution in [0, 0.1) is 0 Å². The standard InChI is InChI=1S/C21H19N5.3C16H17N5.C8H7N.C5H5N.C3H4N2.8C2H6/c22-21-20-19(23-13-24-21)18(25-26(20)17-8-2-1-3-9-17)16-11-10-14-6-4-5-7-15(14)12-16;3*1-21-15-14(18-9-19-16(15)17)13(20-21)12-7-6-10-4-2-3-5-11(10)8-12;1-2-4-8-7(3-1)5-6-9-8;1-2-4-6-5-3-1;1-2-4-5-3-1;8*1-2/h1-9,13,16H,10-12H2,(H2,22,23,24);3*2-5,9,12H,6-8H2,1H3,(H2,17,18,19);1-4,6H,5H2;1-5H;1-3H,(H,4,5);8*1-2H3. The molecule has 6 aromatic carbocycles. The van der Waals surface area contributed by atoms with Gasteiger partial charge in [0.1, 0.15) is 69.4 Å². The summed E-state index contributed by atoms with van der Waals surface area (Å²) in [4.78, 5) is 42.2. The molecule has 658 valence electrons. The van der Waals surface area contributed by atoms with Gasteiger partial charge in [-0.15, -0.1) is 0 Å². The maximum Gasteiger partial charge on any atom is 0.153 e. The molecular weight excluding hydrogens is 1550 g/mol. The van der Waals surface area contributed by atoms with E-state index in [9.17, 15) is 0 Å². The number of aliphatic imine (C=N–C) groups is 1. The Balaban J connectivity index is 0.000000203. The zero-order valence-electron chi connectivity index (χ0n) is 77.2. The minimum atomic E-state index is 0.340. The van der Waals surface area contributed by atoms with Crippen LogP contribution >= 0.6 is 0 Å². The Labute approximate surface area is 740 Å². The second kappa shape index (κ2) is 52.9. The molecule has 11 heterocycles. The number of H-pyrrole nitrogens is 1. The van der Waals surface area contributed by atoms with Crippen LogP contribution in [0.25, 0.3) is 49.8 Å². The van der Waals surface area contributed by atoms with E-state index in [0.29, 0.717) is 46.9 Å². The van der Waals surface area contributed by atoms with Gasteiger partial charge in [0.25, 0.3) is 0 Å². The highest BCUT2D eigenvalue weighted by molar-refractivity contribution is 5.90. The number of nitrogens with two attached hydrogens (primary N) is 4. The highest BCUT2D eigenvalue weighted by Gasteiger charge is 2.31. The highest BCUT2D eigenvalue weighted by atomic mass is 15.3. The zero-order valence-corrected chi connectivity index (χ0v) is 77.2. The summed E-state index contributed by atoms with van der Waals surface area (Å²) in [6.45, 7) is 32.0. The second-order valence-electron chi connectivity index (χ2n) is 27.8. The van der Waals surface area contributed by atoms with Gasteiger partial charge < -0.3 is 22.9 Å².